The fraction of sp³-hybridized carbons (Fsp3) is 0.167. The van der Waals surface area contributed by atoms with E-state index in [9.17, 15) is 0 Å². The van der Waals surface area contributed by atoms with Crippen molar-refractivity contribution < 1.29 is 4.42 Å². The molecule has 0 amide bonds. The van der Waals surface area contributed by atoms with E-state index in [0.717, 1.165) is 15.9 Å². The molecule has 0 bridgehead atoms. The number of furan rings is 1. The fourth-order valence-electron chi connectivity index (χ4n) is 1.55. The molecule has 90 valence electrons. The summed E-state index contributed by atoms with van der Waals surface area (Å²) in [5.74, 6) is 0.771. The Bertz CT molecular complexity index is 501. The van der Waals surface area contributed by atoms with Crippen LogP contribution in [0, 0.1) is 0 Å². The van der Waals surface area contributed by atoms with E-state index < -0.39 is 0 Å². The second-order valence-electron chi connectivity index (χ2n) is 3.55. The molecule has 1 atom stereocenters. The summed E-state index contributed by atoms with van der Waals surface area (Å²) in [6.07, 6.45) is 1.62. The van der Waals surface area contributed by atoms with E-state index in [1.165, 1.54) is 0 Å². The van der Waals surface area contributed by atoms with Gasteiger partial charge in [0.05, 0.1) is 27.5 Å². The summed E-state index contributed by atoms with van der Waals surface area (Å²) in [7, 11) is 0. The molecule has 0 radical (unpaired) electrons. The molecule has 0 aliphatic heterocycles. The average molecular weight is 316 g/mol. The second kappa shape index (κ2) is 5.58. The van der Waals surface area contributed by atoms with E-state index in [1.54, 1.807) is 6.26 Å². The molecule has 0 aliphatic rings. The zero-order chi connectivity index (χ0) is 12.3. The Morgan fingerprint density at radius 1 is 1.35 bits per heavy atom. The lowest BCUT2D eigenvalue weighted by Crippen LogP contribution is -2.20. The Morgan fingerprint density at radius 3 is 2.71 bits per heavy atom. The van der Waals surface area contributed by atoms with Gasteiger partial charge in [0.2, 0.25) is 0 Å². The number of halogens is 2. The van der Waals surface area contributed by atoms with Crippen LogP contribution in [-0.4, -0.2) is 6.54 Å². The number of hydrogen-bond donors (Lipinski definition) is 2. The van der Waals surface area contributed by atoms with Gasteiger partial charge in [-0.1, -0.05) is 23.7 Å². The molecule has 0 fully saturated rings. The highest BCUT2D eigenvalue weighted by molar-refractivity contribution is 9.10. The molecule has 5 heteroatoms. The smallest absolute Gasteiger partial charge is 0.141 e. The van der Waals surface area contributed by atoms with Gasteiger partial charge in [-0.2, -0.15) is 0 Å². The Hall–Kier alpha value is -0.970. The van der Waals surface area contributed by atoms with Gasteiger partial charge in [-0.3, -0.25) is 0 Å². The highest BCUT2D eigenvalue weighted by atomic mass is 79.9. The number of anilines is 1. The highest BCUT2D eigenvalue weighted by Crippen LogP contribution is 2.29. The topological polar surface area (TPSA) is 51.2 Å². The Balaban J connectivity index is 2.22. The molecule has 1 heterocycles. The van der Waals surface area contributed by atoms with Crippen LogP contribution in [0.25, 0.3) is 0 Å². The van der Waals surface area contributed by atoms with Gasteiger partial charge in [0, 0.05) is 6.54 Å². The zero-order valence-corrected chi connectivity index (χ0v) is 11.3. The largest absolute Gasteiger partial charge is 0.466 e. The van der Waals surface area contributed by atoms with E-state index in [2.05, 4.69) is 21.2 Å². The Kier molecular flexibility index (Phi) is 4.10. The normalized spacial score (nSPS) is 12.4. The average Bonchev–Trinajstić information content (AvgIpc) is 2.75. The van der Waals surface area contributed by atoms with Gasteiger partial charge in [-0.25, -0.2) is 0 Å². The van der Waals surface area contributed by atoms with Crippen LogP contribution in [0.3, 0.4) is 0 Å². The van der Waals surface area contributed by atoms with Crippen LogP contribution in [-0.2, 0) is 0 Å². The van der Waals surface area contributed by atoms with Crippen LogP contribution < -0.4 is 11.1 Å². The first kappa shape index (κ1) is 12.5. The maximum atomic E-state index is 6.08. The van der Waals surface area contributed by atoms with E-state index >= 15 is 0 Å². The maximum absolute atomic E-state index is 6.08. The van der Waals surface area contributed by atoms with Crippen LogP contribution >= 0.6 is 27.5 Å². The summed E-state index contributed by atoms with van der Waals surface area (Å²) >= 11 is 9.50. The lowest BCUT2D eigenvalue weighted by Gasteiger charge is -2.17. The van der Waals surface area contributed by atoms with Gasteiger partial charge in [0.25, 0.3) is 0 Å². The van der Waals surface area contributed by atoms with Crippen LogP contribution in [0.5, 0.6) is 0 Å². The molecular formula is C12H12BrClN2O. The van der Waals surface area contributed by atoms with Crippen molar-refractivity contribution in [2.45, 2.75) is 6.04 Å². The van der Waals surface area contributed by atoms with Crippen molar-refractivity contribution in [1.82, 2.24) is 0 Å². The third-order valence-corrected chi connectivity index (χ3v) is 3.39. The fourth-order valence-corrected chi connectivity index (χ4v) is 2.22. The van der Waals surface area contributed by atoms with E-state index in [0.29, 0.717) is 11.6 Å². The van der Waals surface area contributed by atoms with Gasteiger partial charge in [0.15, 0.2) is 0 Å². The number of nitrogens with two attached hydrogens (primary N) is 1. The first-order valence-electron chi connectivity index (χ1n) is 5.16. The van der Waals surface area contributed by atoms with Gasteiger partial charge in [-0.05, 0) is 34.1 Å². The van der Waals surface area contributed by atoms with Crippen LogP contribution in [0.4, 0.5) is 5.69 Å². The quantitative estimate of drug-likeness (QED) is 0.902. The highest BCUT2D eigenvalue weighted by Gasteiger charge is 2.17. The van der Waals surface area contributed by atoms with Gasteiger partial charge >= 0.3 is 0 Å². The summed E-state index contributed by atoms with van der Waals surface area (Å²) in [5, 5.41) is 3.92. The standard InChI is InChI=1S/C12H12BrClN2O/c13-8-5-6-17-12(8)11(7-15)16-10-4-2-1-3-9(10)14/h1-6,11,16H,7,15H2. The second-order valence-corrected chi connectivity index (χ2v) is 4.81. The van der Waals surface area contributed by atoms with Gasteiger partial charge in [-0.15, -0.1) is 0 Å². The van der Waals surface area contributed by atoms with E-state index in [4.69, 9.17) is 21.8 Å². The molecule has 3 nitrogen and oxygen atoms in total. The molecule has 1 aromatic carbocycles. The maximum Gasteiger partial charge on any atom is 0.141 e. The molecule has 2 rings (SSSR count). The number of benzene rings is 1. The number of nitrogens with one attached hydrogen (secondary N) is 1. The Morgan fingerprint density at radius 2 is 2.12 bits per heavy atom. The van der Waals surface area contributed by atoms with E-state index in [1.807, 2.05) is 30.3 Å². The molecule has 1 aromatic heterocycles. The summed E-state index contributed by atoms with van der Waals surface area (Å²) < 4.78 is 6.29. The van der Waals surface area contributed by atoms with Crippen molar-refractivity contribution in [1.29, 1.82) is 0 Å². The van der Waals surface area contributed by atoms with Crippen molar-refractivity contribution in [2.24, 2.45) is 5.73 Å². The molecule has 2 aromatic rings. The molecule has 0 spiro atoms. The lowest BCUT2D eigenvalue weighted by molar-refractivity contribution is 0.479. The van der Waals surface area contributed by atoms with Crippen molar-refractivity contribution in [3.63, 3.8) is 0 Å². The monoisotopic (exact) mass is 314 g/mol. The molecule has 1 unspecified atom stereocenters. The minimum Gasteiger partial charge on any atom is -0.466 e. The molecule has 0 saturated carbocycles. The Labute approximate surface area is 113 Å². The molecular weight excluding hydrogens is 304 g/mol. The third kappa shape index (κ3) is 2.83. The minimum atomic E-state index is -0.112. The van der Waals surface area contributed by atoms with Gasteiger partial charge < -0.3 is 15.5 Å². The first-order valence-corrected chi connectivity index (χ1v) is 6.33. The lowest BCUT2D eigenvalue weighted by atomic mass is 10.2. The van der Waals surface area contributed by atoms with Crippen molar-refractivity contribution in [2.75, 3.05) is 11.9 Å². The third-order valence-electron chi connectivity index (χ3n) is 2.40. The van der Waals surface area contributed by atoms with Crippen LogP contribution in [0.1, 0.15) is 11.8 Å². The minimum absolute atomic E-state index is 0.112. The SMILES string of the molecule is NCC(Nc1ccccc1Cl)c1occc1Br. The first-order chi connectivity index (χ1) is 8.22. The summed E-state index contributed by atoms with van der Waals surface area (Å²) in [5.41, 5.74) is 6.59. The molecule has 3 N–H and O–H groups in total. The molecule has 0 aliphatic carbocycles. The summed E-state index contributed by atoms with van der Waals surface area (Å²) in [6, 6.07) is 9.26. The predicted octanol–water partition coefficient (Wildman–Crippen LogP) is 3.81. The van der Waals surface area contributed by atoms with Crippen LogP contribution in [0.2, 0.25) is 5.02 Å². The summed E-state index contributed by atoms with van der Waals surface area (Å²) in [6.45, 7) is 0.414. The number of hydrogen-bond acceptors (Lipinski definition) is 3. The number of rotatable bonds is 4. The predicted molar refractivity (Wildman–Crippen MR) is 73.3 cm³/mol. The van der Waals surface area contributed by atoms with Crippen molar-refractivity contribution in [3.05, 3.63) is 51.9 Å². The summed E-state index contributed by atoms with van der Waals surface area (Å²) in [4.78, 5) is 0. The van der Waals surface area contributed by atoms with E-state index in [-0.39, 0.29) is 6.04 Å². The molecule has 0 saturated heterocycles. The van der Waals surface area contributed by atoms with Gasteiger partial charge in [0.1, 0.15) is 5.76 Å². The number of para-hydroxylation sites is 1. The van der Waals surface area contributed by atoms with Crippen molar-refractivity contribution >= 4 is 33.2 Å². The zero-order valence-electron chi connectivity index (χ0n) is 8.99. The molecule has 17 heavy (non-hydrogen) atoms. The van der Waals surface area contributed by atoms with Crippen LogP contribution in [0.15, 0.2) is 45.5 Å². The van der Waals surface area contributed by atoms with Crippen molar-refractivity contribution in [3.8, 4) is 0 Å².